The molecule has 2 N–H and O–H groups in total. The third-order valence-electron chi connectivity index (χ3n) is 3.81. The lowest BCUT2D eigenvalue weighted by molar-refractivity contribution is -0.00319. The molecule has 14 heavy (non-hydrogen) atoms. The van der Waals surface area contributed by atoms with E-state index in [0.29, 0.717) is 5.92 Å². The van der Waals surface area contributed by atoms with Crippen molar-refractivity contribution in [2.75, 3.05) is 26.4 Å². The predicted octanol–water partition coefficient (Wildman–Crippen LogP) is 0.918. The summed E-state index contributed by atoms with van der Waals surface area (Å²) in [5.74, 6) is 0.613. The molecule has 1 atom stereocenters. The summed E-state index contributed by atoms with van der Waals surface area (Å²) in [7, 11) is 0. The molecule has 2 fully saturated rings. The molecule has 0 amide bonds. The van der Waals surface area contributed by atoms with E-state index >= 15 is 0 Å². The van der Waals surface area contributed by atoms with Crippen LogP contribution in [0.3, 0.4) is 0 Å². The number of aliphatic hydroxyl groups is 1. The van der Waals surface area contributed by atoms with Crippen molar-refractivity contribution in [2.45, 2.75) is 37.6 Å². The van der Waals surface area contributed by atoms with E-state index in [1.807, 2.05) is 0 Å². The molecule has 2 saturated heterocycles. The maximum Gasteiger partial charge on any atom is 0.0616 e. The standard InChI is InChI=1S/C11H21NO2/c13-9-11(5-1-2-6-12-11)10-3-7-14-8-4-10/h10,12-13H,1-9H2. The Balaban J connectivity index is 2.01. The lowest BCUT2D eigenvalue weighted by Gasteiger charge is -2.44. The second-order valence-electron chi connectivity index (χ2n) is 4.58. The van der Waals surface area contributed by atoms with Gasteiger partial charge in [-0.3, -0.25) is 0 Å². The van der Waals surface area contributed by atoms with Gasteiger partial charge >= 0.3 is 0 Å². The van der Waals surface area contributed by atoms with Crippen LogP contribution in [0.4, 0.5) is 0 Å². The summed E-state index contributed by atoms with van der Waals surface area (Å²) in [6, 6.07) is 0. The van der Waals surface area contributed by atoms with Crippen molar-refractivity contribution in [1.82, 2.24) is 5.32 Å². The van der Waals surface area contributed by atoms with Crippen molar-refractivity contribution < 1.29 is 9.84 Å². The Kier molecular flexibility index (Phi) is 3.42. The van der Waals surface area contributed by atoms with E-state index in [1.165, 1.54) is 12.8 Å². The Morgan fingerprint density at radius 3 is 2.64 bits per heavy atom. The minimum Gasteiger partial charge on any atom is -0.394 e. The first-order chi connectivity index (χ1) is 6.87. The zero-order valence-corrected chi connectivity index (χ0v) is 8.80. The summed E-state index contributed by atoms with van der Waals surface area (Å²) < 4.78 is 5.37. The second kappa shape index (κ2) is 4.60. The van der Waals surface area contributed by atoms with E-state index in [1.54, 1.807) is 0 Å². The van der Waals surface area contributed by atoms with Crippen molar-refractivity contribution in [2.24, 2.45) is 5.92 Å². The average Bonchev–Trinajstić information content (AvgIpc) is 2.31. The molecule has 2 heterocycles. The van der Waals surface area contributed by atoms with Crippen LogP contribution >= 0.6 is 0 Å². The first-order valence-electron chi connectivity index (χ1n) is 5.81. The molecule has 0 aromatic heterocycles. The van der Waals surface area contributed by atoms with Crippen LogP contribution in [0.2, 0.25) is 0 Å². The zero-order chi connectivity index (χ0) is 9.86. The molecular weight excluding hydrogens is 178 g/mol. The summed E-state index contributed by atoms with van der Waals surface area (Å²) in [6.45, 7) is 3.10. The fourth-order valence-electron chi connectivity index (χ4n) is 2.85. The summed E-state index contributed by atoms with van der Waals surface area (Å²) in [5, 5.41) is 13.1. The molecule has 2 aliphatic heterocycles. The van der Waals surface area contributed by atoms with Gasteiger partial charge in [-0.05, 0) is 38.1 Å². The summed E-state index contributed by atoms with van der Waals surface area (Å²) in [4.78, 5) is 0. The molecule has 0 aliphatic carbocycles. The van der Waals surface area contributed by atoms with Gasteiger partial charge in [-0.25, -0.2) is 0 Å². The third kappa shape index (κ3) is 1.95. The number of hydrogen-bond acceptors (Lipinski definition) is 3. The van der Waals surface area contributed by atoms with E-state index < -0.39 is 0 Å². The van der Waals surface area contributed by atoms with E-state index in [2.05, 4.69) is 5.32 Å². The van der Waals surface area contributed by atoms with Gasteiger partial charge in [-0.2, -0.15) is 0 Å². The van der Waals surface area contributed by atoms with Gasteiger partial charge in [0.25, 0.3) is 0 Å². The Morgan fingerprint density at radius 2 is 2.07 bits per heavy atom. The van der Waals surface area contributed by atoms with Gasteiger partial charge in [0.15, 0.2) is 0 Å². The van der Waals surface area contributed by atoms with Crippen molar-refractivity contribution in [1.29, 1.82) is 0 Å². The van der Waals surface area contributed by atoms with Gasteiger partial charge in [0.2, 0.25) is 0 Å². The topological polar surface area (TPSA) is 41.5 Å². The maximum absolute atomic E-state index is 9.59. The second-order valence-corrected chi connectivity index (χ2v) is 4.58. The summed E-state index contributed by atoms with van der Waals surface area (Å²) in [6.07, 6.45) is 5.85. The Labute approximate surface area is 85.8 Å². The highest BCUT2D eigenvalue weighted by Crippen LogP contribution is 2.33. The predicted molar refractivity (Wildman–Crippen MR) is 55.2 cm³/mol. The zero-order valence-electron chi connectivity index (χ0n) is 8.80. The molecule has 0 aromatic rings. The van der Waals surface area contributed by atoms with Crippen LogP contribution < -0.4 is 5.32 Å². The number of ether oxygens (including phenoxy) is 1. The molecule has 0 aromatic carbocycles. The summed E-state index contributed by atoms with van der Waals surface area (Å²) in [5.41, 5.74) is 0.0159. The minimum atomic E-state index is 0.0159. The van der Waals surface area contributed by atoms with Crippen molar-refractivity contribution in [3.63, 3.8) is 0 Å². The smallest absolute Gasteiger partial charge is 0.0616 e. The van der Waals surface area contributed by atoms with E-state index in [0.717, 1.165) is 39.0 Å². The van der Waals surface area contributed by atoms with Gasteiger partial charge in [0.1, 0.15) is 0 Å². The number of hydrogen-bond donors (Lipinski definition) is 2. The normalized spacial score (nSPS) is 35.8. The van der Waals surface area contributed by atoms with Crippen LogP contribution in [0, 0.1) is 5.92 Å². The Morgan fingerprint density at radius 1 is 1.29 bits per heavy atom. The highest BCUT2D eigenvalue weighted by Gasteiger charge is 2.39. The Bertz CT molecular complexity index is 172. The molecule has 2 aliphatic rings. The van der Waals surface area contributed by atoms with Crippen LogP contribution in [0.5, 0.6) is 0 Å². The first-order valence-corrected chi connectivity index (χ1v) is 5.81. The maximum atomic E-state index is 9.59. The lowest BCUT2D eigenvalue weighted by Crippen LogP contribution is -2.57. The van der Waals surface area contributed by atoms with Crippen molar-refractivity contribution in [3.05, 3.63) is 0 Å². The van der Waals surface area contributed by atoms with E-state index in [4.69, 9.17) is 4.74 Å². The quantitative estimate of drug-likeness (QED) is 0.695. The first kappa shape index (κ1) is 10.4. The third-order valence-corrected chi connectivity index (χ3v) is 3.81. The van der Waals surface area contributed by atoms with Crippen molar-refractivity contribution >= 4 is 0 Å². The molecule has 1 unspecified atom stereocenters. The largest absolute Gasteiger partial charge is 0.394 e. The summed E-state index contributed by atoms with van der Waals surface area (Å²) >= 11 is 0. The molecule has 82 valence electrons. The monoisotopic (exact) mass is 199 g/mol. The Hall–Kier alpha value is -0.120. The molecule has 0 bridgehead atoms. The van der Waals surface area contributed by atoms with Crippen LogP contribution in [-0.2, 0) is 4.74 Å². The van der Waals surface area contributed by atoms with Gasteiger partial charge in [-0.1, -0.05) is 6.42 Å². The highest BCUT2D eigenvalue weighted by atomic mass is 16.5. The average molecular weight is 199 g/mol. The minimum absolute atomic E-state index is 0.0159. The van der Waals surface area contributed by atoms with Gasteiger partial charge in [-0.15, -0.1) is 0 Å². The van der Waals surface area contributed by atoms with Gasteiger partial charge < -0.3 is 15.2 Å². The lowest BCUT2D eigenvalue weighted by atomic mass is 9.74. The fraction of sp³-hybridized carbons (Fsp3) is 1.00. The SMILES string of the molecule is OCC1(C2CCOCC2)CCCCN1. The van der Waals surface area contributed by atoms with Crippen molar-refractivity contribution in [3.8, 4) is 0 Å². The van der Waals surface area contributed by atoms with Crippen LogP contribution in [0.15, 0.2) is 0 Å². The molecule has 0 radical (unpaired) electrons. The van der Waals surface area contributed by atoms with Gasteiger partial charge in [0.05, 0.1) is 6.61 Å². The number of nitrogens with one attached hydrogen (secondary N) is 1. The van der Waals surface area contributed by atoms with Crippen LogP contribution in [0.1, 0.15) is 32.1 Å². The molecule has 3 heteroatoms. The number of piperidine rings is 1. The van der Waals surface area contributed by atoms with E-state index in [-0.39, 0.29) is 12.1 Å². The number of rotatable bonds is 2. The molecular formula is C11H21NO2. The van der Waals surface area contributed by atoms with Crippen LogP contribution in [-0.4, -0.2) is 37.0 Å². The highest BCUT2D eigenvalue weighted by molar-refractivity contribution is 4.96. The van der Waals surface area contributed by atoms with Gasteiger partial charge in [0, 0.05) is 18.8 Å². The molecule has 0 spiro atoms. The number of aliphatic hydroxyl groups excluding tert-OH is 1. The fourth-order valence-corrected chi connectivity index (χ4v) is 2.85. The van der Waals surface area contributed by atoms with E-state index in [9.17, 15) is 5.11 Å². The molecule has 2 rings (SSSR count). The van der Waals surface area contributed by atoms with Crippen LogP contribution in [0.25, 0.3) is 0 Å². The molecule has 3 nitrogen and oxygen atoms in total. The molecule has 0 saturated carbocycles.